The minimum atomic E-state index is 0. The van der Waals surface area contributed by atoms with Crippen molar-refractivity contribution in [1.82, 2.24) is 45.8 Å². The maximum absolute atomic E-state index is 4.20. The van der Waals surface area contributed by atoms with Crippen LogP contribution in [0.4, 0.5) is 0 Å². The minimum absolute atomic E-state index is 0. The van der Waals surface area contributed by atoms with Gasteiger partial charge in [0.2, 0.25) is 0 Å². The average molecular weight is 654 g/mol. The van der Waals surface area contributed by atoms with Gasteiger partial charge in [0.05, 0.1) is 0 Å². The monoisotopic (exact) mass is 653 g/mol. The largest absolute Gasteiger partial charge is 4.00 e. The van der Waals surface area contributed by atoms with Crippen LogP contribution in [0.5, 0.6) is 0 Å². The third kappa shape index (κ3) is 15.1. The Bertz CT molecular complexity index is 1100. The van der Waals surface area contributed by atoms with Gasteiger partial charge in [0.15, 0.2) is 0 Å². The van der Waals surface area contributed by atoms with Crippen LogP contribution in [-0.4, -0.2) is 25.4 Å². The van der Waals surface area contributed by atoms with Crippen LogP contribution in [0.1, 0.15) is 159 Å². The van der Waals surface area contributed by atoms with E-state index in [2.05, 4.69) is 189 Å². The van der Waals surface area contributed by atoms with Gasteiger partial charge >= 0.3 is 21.7 Å². The topological polar surface area (TPSA) is 121 Å². The number of nitrogens with zero attached hydrogens (tertiary/aromatic N) is 9. The summed E-state index contributed by atoms with van der Waals surface area (Å²) in [6.45, 7) is 38.8. The van der Waals surface area contributed by atoms with Gasteiger partial charge in [0, 0.05) is 39.7 Å². The van der Waals surface area contributed by atoms with Crippen molar-refractivity contribution in [2.24, 2.45) is 0 Å². The number of hydrogen-bond acceptors (Lipinski definition) is 5. The average Bonchev–Trinajstić information content (AvgIpc) is 3.63. The van der Waals surface area contributed by atoms with Gasteiger partial charge < -0.3 is 40.7 Å². The third-order valence-electron chi connectivity index (χ3n) is 6.53. The second-order valence-corrected chi connectivity index (χ2v) is 17.5. The smallest absolute Gasteiger partial charge is 0.578 e. The van der Waals surface area contributed by atoms with Crippen molar-refractivity contribution >= 4 is 0 Å². The number of aromatic nitrogens is 9. The summed E-state index contributed by atoms with van der Waals surface area (Å²) >= 11 is 0. The summed E-state index contributed by atoms with van der Waals surface area (Å²) in [6, 6.07) is 6.33. The molecule has 0 aromatic carbocycles. The van der Waals surface area contributed by atoms with Gasteiger partial charge in [-0.1, -0.05) is 149 Å². The van der Waals surface area contributed by atoms with E-state index in [1.807, 2.05) is 0 Å². The van der Waals surface area contributed by atoms with Crippen molar-refractivity contribution in [2.75, 3.05) is 0 Å². The number of hydrogen-bond donors (Lipinski definition) is 0. The standard InChI is InChI=1S/3C11H19N2.C2H2N3.Ti/c3*1-10(2,3)8-7-9(13-12-8)11(4,5)6;1-3-2-5-4-1;/h3*7H,1-6H3;1-2H;/q4*-1;+4. The van der Waals surface area contributed by atoms with Gasteiger partial charge in [-0.25, -0.2) is 0 Å². The molecule has 45 heavy (non-hydrogen) atoms. The fraction of sp³-hybridized carbons (Fsp3) is 0.686. The third-order valence-corrected chi connectivity index (χ3v) is 6.53. The SMILES string of the molecule is CC(C)(C)c1cc(C(C)(C)C)[n-]n1.CC(C)(C)c1cc(C(C)(C)C)[n-]n1.CC(C)(C)c1cc(C(C)(C)C)[n-]n1.[Ti+4].c1nc[n-]n1. The van der Waals surface area contributed by atoms with E-state index in [4.69, 9.17) is 0 Å². The van der Waals surface area contributed by atoms with Gasteiger partial charge in [-0.05, 0) is 16.2 Å². The zero-order valence-electron chi connectivity index (χ0n) is 31.4. The molecule has 0 aliphatic rings. The van der Waals surface area contributed by atoms with Crippen LogP contribution in [0, 0.1) is 0 Å². The summed E-state index contributed by atoms with van der Waals surface area (Å²) in [7, 11) is 0. The predicted octanol–water partition coefficient (Wildman–Crippen LogP) is 7.33. The van der Waals surface area contributed by atoms with Crippen LogP contribution in [0.2, 0.25) is 0 Å². The summed E-state index contributed by atoms with van der Waals surface area (Å²) in [6.07, 6.45) is 2.78. The van der Waals surface area contributed by atoms with Gasteiger partial charge in [0.1, 0.15) is 0 Å². The van der Waals surface area contributed by atoms with E-state index in [9.17, 15) is 0 Å². The molecule has 0 amide bonds. The molecule has 4 rings (SSSR count). The van der Waals surface area contributed by atoms with E-state index in [0.29, 0.717) is 0 Å². The molecule has 0 fully saturated rings. The molecule has 9 nitrogen and oxygen atoms in total. The van der Waals surface area contributed by atoms with Gasteiger partial charge in [-0.3, -0.25) is 5.10 Å². The molecule has 0 atom stereocenters. The zero-order chi connectivity index (χ0) is 34.4. The Morgan fingerprint density at radius 1 is 0.422 bits per heavy atom. The van der Waals surface area contributed by atoms with E-state index in [0.717, 1.165) is 34.2 Å². The van der Waals surface area contributed by atoms with Crippen molar-refractivity contribution < 1.29 is 21.7 Å². The first-order valence-corrected chi connectivity index (χ1v) is 15.4. The quantitative estimate of drug-likeness (QED) is 0.180. The molecule has 0 radical (unpaired) electrons. The summed E-state index contributed by atoms with van der Waals surface area (Å²) in [5, 5.41) is 31.9. The molecule has 0 aliphatic carbocycles. The second kappa shape index (κ2) is 15.9. The Kier molecular flexibility index (Phi) is 15.0. The van der Waals surface area contributed by atoms with Crippen LogP contribution in [0.3, 0.4) is 0 Å². The molecule has 0 unspecified atom stereocenters. The Morgan fingerprint density at radius 3 is 0.778 bits per heavy atom. The van der Waals surface area contributed by atoms with E-state index in [1.54, 1.807) is 0 Å². The molecular weight excluding hydrogens is 594 g/mol. The molecule has 248 valence electrons. The molecule has 4 heterocycles. The molecule has 0 saturated carbocycles. The van der Waals surface area contributed by atoms with Crippen LogP contribution in [0.25, 0.3) is 0 Å². The molecular formula is C35H59N9Ti. The van der Waals surface area contributed by atoms with E-state index in [-0.39, 0.29) is 54.2 Å². The van der Waals surface area contributed by atoms with Crippen molar-refractivity contribution in [1.29, 1.82) is 0 Å². The fourth-order valence-electron chi connectivity index (χ4n) is 3.23. The molecule has 0 spiro atoms. The summed E-state index contributed by atoms with van der Waals surface area (Å²) in [5.74, 6) is 0. The first-order valence-electron chi connectivity index (χ1n) is 15.4. The summed E-state index contributed by atoms with van der Waals surface area (Å²) in [5.41, 5.74) is 7.13. The Labute approximate surface area is 288 Å². The van der Waals surface area contributed by atoms with E-state index in [1.165, 1.54) is 12.7 Å². The fourth-order valence-corrected chi connectivity index (χ4v) is 3.23. The van der Waals surface area contributed by atoms with Crippen LogP contribution in [-0.2, 0) is 54.2 Å². The van der Waals surface area contributed by atoms with Crippen molar-refractivity contribution in [3.63, 3.8) is 0 Å². The van der Waals surface area contributed by atoms with Crippen LogP contribution < -0.4 is 20.4 Å². The maximum Gasteiger partial charge on any atom is 4.00 e. The summed E-state index contributed by atoms with van der Waals surface area (Å²) in [4.78, 5) is 3.50. The van der Waals surface area contributed by atoms with Gasteiger partial charge in [0.25, 0.3) is 0 Å². The molecule has 0 bridgehead atoms. The zero-order valence-corrected chi connectivity index (χ0v) is 33.0. The van der Waals surface area contributed by atoms with Gasteiger partial charge in [-0.2, -0.15) is 0 Å². The normalized spacial score (nSPS) is 12.5. The first-order chi connectivity index (χ1) is 19.6. The van der Waals surface area contributed by atoms with Crippen LogP contribution in [0.15, 0.2) is 30.9 Å². The Morgan fingerprint density at radius 2 is 0.689 bits per heavy atom. The Hall–Kier alpha value is -2.52. The van der Waals surface area contributed by atoms with Crippen molar-refractivity contribution in [2.45, 2.75) is 157 Å². The molecule has 4 aromatic rings. The molecule has 0 saturated heterocycles. The second-order valence-electron chi connectivity index (χ2n) is 17.5. The predicted molar refractivity (Wildman–Crippen MR) is 180 cm³/mol. The Balaban J connectivity index is 0.000000591. The summed E-state index contributed by atoms with van der Waals surface area (Å²) < 4.78 is 0. The van der Waals surface area contributed by atoms with Crippen LogP contribution >= 0.6 is 0 Å². The minimum Gasteiger partial charge on any atom is -0.578 e. The van der Waals surface area contributed by atoms with Gasteiger partial charge in [-0.15, -0.1) is 17.1 Å². The van der Waals surface area contributed by atoms with E-state index >= 15 is 0 Å². The molecule has 0 N–H and O–H groups in total. The number of rotatable bonds is 0. The molecule has 4 aromatic heterocycles. The van der Waals surface area contributed by atoms with Crippen molar-refractivity contribution in [3.8, 4) is 0 Å². The van der Waals surface area contributed by atoms with E-state index < -0.39 is 0 Å². The molecule has 10 heteroatoms. The van der Waals surface area contributed by atoms with Crippen molar-refractivity contribution in [3.05, 3.63) is 65.0 Å². The molecule has 0 aliphatic heterocycles. The maximum atomic E-state index is 4.20. The first kappa shape index (κ1) is 42.5.